The van der Waals surface area contributed by atoms with Gasteiger partial charge >= 0.3 is 0 Å². The highest BCUT2D eigenvalue weighted by atomic mass is 35.5. The van der Waals surface area contributed by atoms with E-state index >= 15 is 0 Å². The molecule has 3 N–H and O–H groups in total. The monoisotopic (exact) mass is 344 g/mol. The summed E-state index contributed by atoms with van der Waals surface area (Å²) in [5.74, 6) is 0. The smallest absolute Gasteiger partial charge is 0.0409 e. The predicted molar refractivity (Wildman–Crippen MR) is 106 cm³/mol. The van der Waals surface area contributed by atoms with Gasteiger partial charge in [-0.15, -0.1) is 0 Å². The molecule has 2 nitrogen and oxygen atoms in total. The normalized spacial score (nSPS) is 22.7. The molecule has 1 aliphatic carbocycles. The molecule has 2 aliphatic rings. The van der Waals surface area contributed by atoms with Crippen molar-refractivity contribution in [3.8, 4) is 0 Å². The first-order chi connectivity index (χ1) is 11.7. The summed E-state index contributed by atoms with van der Waals surface area (Å²) < 4.78 is 0. The van der Waals surface area contributed by atoms with Crippen LogP contribution in [0.1, 0.15) is 50.2 Å². The highest BCUT2D eigenvalue weighted by Gasteiger charge is 2.19. The molecule has 24 heavy (non-hydrogen) atoms. The van der Waals surface area contributed by atoms with Crippen LogP contribution in [-0.4, -0.2) is 13.1 Å². The molecule has 0 saturated carbocycles. The Morgan fingerprint density at radius 2 is 1.96 bits per heavy atom. The second-order valence-corrected chi connectivity index (χ2v) is 6.78. The Kier molecular flexibility index (Phi) is 7.61. The summed E-state index contributed by atoms with van der Waals surface area (Å²) in [5.41, 5.74) is 12.3. The van der Waals surface area contributed by atoms with Crippen LogP contribution in [0.2, 0.25) is 5.02 Å². The van der Waals surface area contributed by atoms with Gasteiger partial charge in [-0.25, -0.2) is 0 Å². The summed E-state index contributed by atoms with van der Waals surface area (Å²) in [5, 5.41) is 4.39. The van der Waals surface area contributed by atoms with Crippen LogP contribution in [0.3, 0.4) is 0 Å². The molecular formula is C21H29ClN2. The summed E-state index contributed by atoms with van der Waals surface area (Å²) in [6.07, 6.45) is 10.6. The Balaban J connectivity index is 0.000000647. The molecule has 0 unspecified atom stereocenters. The molecule has 0 spiro atoms. The zero-order valence-corrected chi connectivity index (χ0v) is 15.5. The summed E-state index contributed by atoms with van der Waals surface area (Å²) in [4.78, 5) is 0. The fourth-order valence-electron chi connectivity index (χ4n) is 3.55. The van der Waals surface area contributed by atoms with Gasteiger partial charge in [0.15, 0.2) is 0 Å². The Bertz CT molecular complexity index is 619. The zero-order chi connectivity index (χ0) is 17.4. The molecular weight excluding hydrogens is 316 g/mol. The topological polar surface area (TPSA) is 38.0 Å². The van der Waals surface area contributed by atoms with Crippen molar-refractivity contribution in [2.45, 2.75) is 45.4 Å². The van der Waals surface area contributed by atoms with Crippen LogP contribution in [0.4, 0.5) is 0 Å². The number of hydrogen-bond acceptors (Lipinski definition) is 2. The standard InChI is InChI=1S/C19H24ClN.C2H5N/c1-2-14-5-6-16-13-17(20)7-8-18(16)19(12-14)15-4-3-10-21-11-9-15;1-2-3/h2,7-8,13,21H,3-6,9-12H2,1H3;2H,1,3H2/b14-2-,19-15-;. The number of halogens is 1. The van der Waals surface area contributed by atoms with Gasteiger partial charge in [-0.3, -0.25) is 0 Å². The van der Waals surface area contributed by atoms with Crippen molar-refractivity contribution in [1.29, 1.82) is 0 Å². The molecule has 130 valence electrons. The fourth-order valence-corrected chi connectivity index (χ4v) is 3.74. The van der Waals surface area contributed by atoms with Gasteiger partial charge in [0.05, 0.1) is 0 Å². The number of allylic oxidation sites excluding steroid dienone is 3. The fraction of sp³-hybridized carbons (Fsp3) is 0.429. The minimum absolute atomic E-state index is 0.865. The Morgan fingerprint density at radius 1 is 1.17 bits per heavy atom. The number of nitrogens with two attached hydrogens (primary N) is 1. The molecule has 1 aliphatic heterocycles. The lowest BCUT2D eigenvalue weighted by Gasteiger charge is -2.15. The maximum Gasteiger partial charge on any atom is 0.0409 e. The van der Waals surface area contributed by atoms with E-state index in [9.17, 15) is 0 Å². The number of hydrogen-bond donors (Lipinski definition) is 2. The van der Waals surface area contributed by atoms with Crippen LogP contribution < -0.4 is 11.1 Å². The number of fused-ring (bicyclic) bond motifs is 1. The second kappa shape index (κ2) is 9.71. The Labute approximate surface area is 151 Å². The SMILES string of the molecule is C/C=C1/CCc2cc(Cl)ccc2/C(=C2/CCCNCC2)C1.C=CN. The maximum atomic E-state index is 6.22. The lowest BCUT2D eigenvalue weighted by atomic mass is 9.90. The molecule has 1 aromatic rings. The van der Waals surface area contributed by atoms with Gasteiger partial charge in [0.25, 0.3) is 0 Å². The third-order valence-electron chi connectivity index (χ3n) is 4.78. The minimum Gasteiger partial charge on any atom is -0.405 e. The first-order valence-electron chi connectivity index (χ1n) is 8.86. The van der Waals surface area contributed by atoms with Gasteiger partial charge in [-0.2, -0.15) is 0 Å². The summed E-state index contributed by atoms with van der Waals surface area (Å²) in [7, 11) is 0. The van der Waals surface area contributed by atoms with Gasteiger partial charge in [-0.1, -0.05) is 41.5 Å². The third-order valence-corrected chi connectivity index (χ3v) is 5.02. The largest absolute Gasteiger partial charge is 0.405 e. The first-order valence-corrected chi connectivity index (χ1v) is 9.24. The quantitative estimate of drug-likeness (QED) is 0.499. The highest BCUT2D eigenvalue weighted by Crippen LogP contribution is 2.38. The van der Waals surface area contributed by atoms with Gasteiger partial charge < -0.3 is 11.1 Å². The molecule has 1 heterocycles. The second-order valence-electron chi connectivity index (χ2n) is 6.35. The van der Waals surface area contributed by atoms with E-state index in [-0.39, 0.29) is 0 Å². The van der Waals surface area contributed by atoms with Crippen LogP contribution in [0.15, 0.2) is 48.2 Å². The van der Waals surface area contributed by atoms with E-state index in [2.05, 4.69) is 48.8 Å². The van der Waals surface area contributed by atoms with Crippen molar-refractivity contribution in [3.05, 3.63) is 64.3 Å². The summed E-state index contributed by atoms with van der Waals surface area (Å²) in [6, 6.07) is 6.47. The summed E-state index contributed by atoms with van der Waals surface area (Å²) >= 11 is 6.22. The van der Waals surface area contributed by atoms with E-state index in [4.69, 9.17) is 11.6 Å². The number of nitrogens with one attached hydrogen (secondary N) is 1. The Morgan fingerprint density at radius 3 is 2.71 bits per heavy atom. The van der Waals surface area contributed by atoms with Gasteiger partial charge in [-0.05, 0) is 93.6 Å². The first kappa shape index (κ1) is 18.8. The zero-order valence-electron chi connectivity index (χ0n) is 14.7. The molecule has 1 saturated heterocycles. The highest BCUT2D eigenvalue weighted by molar-refractivity contribution is 6.30. The van der Waals surface area contributed by atoms with Crippen LogP contribution in [0.5, 0.6) is 0 Å². The predicted octanol–water partition coefficient (Wildman–Crippen LogP) is 5.24. The molecule has 0 bridgehead atoms. The van der Waals surface area contributed by atoms with Crippen LogP contribution in [0.25, 0.3) is 5.57 Å². The van der Waals surface area contributed by atoms with E-state index in [1.54, 1.807) is 16.7 Å². The lowest BCUT2D eigenvalue weighted by Crippen LogP contribution is -2.13. The van der Waals surface area contributed by atoms with Gasteiger partial charge in [0, 0.05) is 5.02 Å². The molecule has 0 aromatic heterocycles. The molecule has 3 rings (SSSR count). The molecule has 1 fully saturated rings. The molecule has 1 aromatic carbocycles. The van der Waals surface area contributed by atoms with Crippen molar-refractivity contribution in [3.63, 3.8) is 0 Å². The van der Waals surface area contributed by atoms with E-state index in [0.717, 1.165) is 31.0 Å². The Hall–Kier alpha value is -1.51. The third kappa shape index (κ3) is 4.99. The molecule has 3 heteroatoms. The van der Waals surface area contributed by atoms with Crippen molar-refractivity contribution < 1.29 is 0 Å². The van der Waals surface area contributed by atoms with Crippen molar-refractivity contribution in [2.75, 3.05) is 13.1 Å². The van der Waals surface area contributed by atoms with Gasteiger partial charge in [0.2, 0.25) is 0 Å². The van der Waals surface area contributed by atoms with Gasteiger partial charge in [0.1, 0.15) is 0 Å². The minimum atomic E-state index is 0.865. The van der Waals surface area contributed by atoms with Crippen LogP contribution in [-0.2, 0) is 6.42 Å². The van der Waals surface area contributed by atoms with E-state index in [1.165, 1.54) is 43.0 Å². The molecule has 0 radical (unpaired) electrons. The van der Waals surface area contributed by atoms with Crippen molar-refractivity contribution >= 4 is 17.2 Å². The van der Waals surface area contributed by atoms with Crippen molar-refractivity contribution in [1.82, 2.24) is 5.32 Å². The van der Waals surface area contributed by atoms with E-state index in [1.807, 2.05) is 0 Å². The maximum absolute atomic E-state index is 6.22. The van der Waals surface area contributed by atoms with Crippen molar-refractivity contribution in [2.24, 2.45) is 5.73 Å². The number of benzene rings is 1. The number of rotatable bonds is 0. The van der Waals surface area contributed by atoms with E-state index in [0.29, 0.717) is 0 Å². The lowest BCUT2D eigenvalue weighted by molar-refractivity contribution is 0.703. The number of aryl methyl sites for hydroxylation is 1. The van der Waals surface area contributed by atoms with Crippen LogP contribution >= 0.6 is 11.6 Å². The van der Waals surface area contributed by atoms with Crippen LogP contribution in [0, 0.1) is 0 Å². The summed E-state index contributed by atoms with van der Waals surface area (Å²) in [6.45, 7) is 7.59. The molecule has 0 amide bonds. The average molecular weight is 345 g/mol. The average Bonchev–Trinajstić information content (AvgIpc) is 2.94. The molecule has 0 atom stereocenters. The van der Waals surface area contributed by atoms with E-state index < -0.39 is 0 Å².